The van der Waals surface area contributed by atoms with E-state index >= 15 is 0 Å². The Hall–Kier alpha value is -8.60. The van der Waals surface area contributed by atoms with Crippen molar-refractivity contribution in [2.24, 2.45) is 0 Å². The molecule has 0 saturated heterocycles. The monoisotopic (exact) mass is 995 g/mol. The fraction of sp³-hybridized carbons (Fsp3) is 0.178. The minimum absolute atomic E-state index is 0.0753. The van der Waals surface area contributed by atoms with Crippen LogP contribution in [0, 0.1) is 0 Å². The lowest BCUT2D eigenvalue weighted by atomic mass is 9.72. The number of nitrogens with zero attached hydrogens (tertiary/aromatic N) is 1. The van der Waals surface area contributed by atoms with Gasteiger partial charge in [-0.2, -0.15) is 0 Å². The van der Waals surface area contributed by atoms with Crippen LogP contribution in [-0.4, -0.2) is 0 Å². The molecule has 0 radical (unpaired) electrons. The summed E-state index contributed by atoms with van der Waals surface area (Å²) in [6, 6.07) is 67.1. The fourth-order valence-electron chi connectivity index (χ4n) is 14.8. The maximum Gasteiger partial charge on any atom is 0.144 e. The molecule has 13 aromatic rings. The van der Waals surface area contributed by atoms with Crippen molar-refractivity contribution in [3.8, 4) is 44.5 Å². The minimum atomic E-state index is -0.366. The van der Waals surface area contributed by atoms with Crippen LogP contribution in [0.5, 0.6) is 0 Å². The van der Waals surface area contributed by atoms with Gasteiger partial charge in [-0.1, -0.05) is 178 Å². The predicted octanol–water partition coefficient (Wildman–Crippen LogP) is 20.7. The second kappa shape index (κ2) is 14.9. The highest BCUT2D eigenvalue weighted by molar-refractivity contribution is 6.22. The molecule has 16 rings (SSSR count). The lowest BCUT2D eigenvalue weighted by molar-refractivity contribution is 0.591. The molecule has 3 aliphatic rings. The summed E-state index contributed by atoms with van der Waals surface area (Å²) < 4.78 is 20.7. The van der Waals surface area contributed by atoms with Crippen molar-refractivity contribution in [3.63, 3.8) is 0 Å². The molecule has 0 spiro atoms. The van der Waals surface area contributed by atoms with Gasteiger partial charge in [0.05, 0.1) is 0 Å². The van der Waals surface area contributed by atoms with Crippen LogP contribution in [0.1, 0.15) is 101 Å². The molecule has 0 bridgehead atoms. The van der Waals surface area contributed by atoms with Gasteiger partial charge in [-0.05, 0) is 138 Å². The molecule has 0 N–H and O–H groups in total. The van der Waals surface area contributed by atoms with Crippen molar-refractivity contribution < 1.29 is 13.3 Å². The van der Waals surface area contributed by atoms with E-state index in [-0.39, 0.29) is 21.7 Å². The summed E-state index contributed by atoms with van der Waals surface area (Å²) in [6.45, 7) is 21.5. The molecule has 77 heavy (non-hydrogen) atoms. The topological polar surface area (TPSA) is 42.7 Å². The average molecular weight is 996 g/mol. The second-order valence-electron chi connectivity index (χ2n) is 24.7. The van der Waals surface area contributed by atoms with Crippen LogP contribution in [0.4, 0.5) is 17.1 Å². The molecule has 0 aliphatic heterocycles. The van der Waals surface area contributed by atoms with Crippen LogP contribution in [-0.2, 0) is 21.7 Å². The lowest BCUT2D eigenvalue weighted by Gasteiger charge is -2.32. The summed E-state index contributed by atoms with van der Waals surface area (Å²) in [5, 5.41) is 6.91. The van der Waals surface area contributed by atoms with E-state index in [0.717, 1.165) is 77.7 Å². The Morgan fingerprint density at radius 3 is 1.51 bits per heavy atom. The van der Waals surface area contributed by atoms with Crippen LogP contribution >= 0.6 is 0 Å². The third-order valence-electron chi connectivity index (χ3n) is 18.3. The fourth-order valence-corrected chi connectivity index (χ4v) is 14.8. The molecule has 4 heteroatoms. The Bertz CT molecular complexity index is 4770. The van der Waals surface area contributed by atoms with Crippen LogP contribution in [0.15, 0.2) is 195 Å². The van der Waals surface area contributed by atoms with Crippen LogP contribution < -0.4 is 4.90 Å². The van der Waals surface area contributed by atoms with Crippen LogP contribution in [0.2, 0.25) is 0 Å². The van der Waals surface area contributed by atoms with Crippen molar-refractivity contribution in [2.75, 3.05) is 4.90 Å². The van der Waals surface area contributed by atoms with E-state index in [2.05, 4.69) is 243 Å². The highest BCUT2D eigenvalue weighted by Crippen LogP contribution is 2.64. The average Bonchev–Trinajstić information content (AvgIpc) is 3.92. The normalized spacial score (nSPS) is 15.4. The number of para-hydroxylation sites is 3. The number of benzene rings is 10. The largest absolute Gasteiger partial charge is 0.456 e. The Balaban J connectivity index is 0.932. The molecule has 0 atom stereocenters. The second-order valence-corrected chi connectivity index (χ2v) is 24.7. The molecule has 10 aromatic carbocycles. The summed E-state index contributed by atoms with van der Waals surface area (Å²) >= 11 is 0. The molecule has 3 aliphatic carbocycles. The summed E-state index contributed by atoms with van der Waals surface area (Å²) in [7, 11) is 0. The maximum atomic E-state index is 7.03. The van der Waals surface area contributed by atoms with Crippen LogP contribution in [0.25, 0.3) is 110 Å². The lowest BCUT2D eigenvalue weighted by Crippen LogP contribution is -2.24. The van der Waals surface area contributed by atoms with Gasteiger partial charge in [0.15, 0.2) is 0 Å². The first-order valence-corrected chi connectivity index (χ1v) is 27.3. The summed E-state index contributed by atoms with van der Waals surface area (Å²) in [5.41, 5.74) is 26.9. The number of furan rings is 3. The standard InChI is InChI=1S/C73H57NO3/c1-70(2,3)52-25-15-10-20-43(52)51-39-56-61(63-49-23-13-18-28-58(49)76-68(51)63)47-34-31-40(36-54(47)71(56,4)5)74(42-30-33-45-44-21-12-17-27-57(44)75-60(45)38-42)41-32-35-48-55(37-41)73(8,9)66-62(48)64-50-24-14-19-29-59(50)77-69(64)65-46-22-11-16-26-53(46)72(6,7)67(65)66/h10-39H,1-9H3. The molecular weight excluding hydrogens is 939 g/mol. The molecule has 0 saturated carbocycles. The van der Waals surface area contributed by atoms with E-state index < -0.39 is 0 Å². The number of rotatable bonds is 4. The number of anilines is 3. The van der Waals surface area contributed by atoms with Gasteiger partial charge in [-0.25, -0.2) is 0 Å². The highest BCUT2D eigenvalue weighted by Gasteiger charge is 2.49. The minimum Gasteiger partial charge on any atom is -0.456 e. The van der Waals surface area contributed by atoms with Gasteiger partial charge in [0.2, 0.25) is 0 Å². The number of hydrogen-bond donors (Lipinski definition) is 0. The van der Waals surface area contributed by atoms with Gasteiger partial charge < -0.3 is 18.2 Å². The first-order chi connectivity index (χ1) is 37.1. The molecule has 372 valence electrons. The Kier molecular flexibility index (Phi) is 8.62. The van der Waals surface area contributed by atoms with E-state index in [4.69, 9.17) is 13.3 Å². The zero-order valence-electron chi connectivity index (χ0n) is 45.0. The van der Waals surface area contributed by atoms with E-state index in [1.165, 1.54) is 88.7 Å². The predicted molar refractivity (Wildman–Crippen MR) is 320 cm³/mol. The van der Waals surface area contributed by atoms with E-state index in [1.54, 1.807) is 0 Å². The third-order valence-corrected chi connectivity index (χ3v) is 18.3. The smallest absolute Gasteiger partial charge is 0.144 e. The van der Waals surface area contributed by atoms with Gasteiger partial charge in [0, 0.05) is 82.8 Å². The molecule has 3 aromatic heterocycles. The molecular formula is C73H57NO3. The van der Waals surface area contributed by atoms with Crippen molar-refractivity contribution in [3.05, 3.63) is 221 Å². The highest BCUT2D eigenvalue weighted by atomic mass is 16.3. The molecule has 3 heterocycles. The Morgan fingerprint density at radius 2 is 0.818 bits per heavy atom. The van der Waals surface area contributed by atoms with Gasteiger partial charge in [0.1, 0.15) is 33.5 Å². The van der Waals surface area contributed by atoms with Gasteiger partial charge in [0.25, 0.3) is 0 Å². The van der Waals surface area contributed by atoms with Gasteiger partial charge in [-0.15, -0.1) is 0 Å². The third kappa shape index (κ3) is 5.78. The van der Waals surface area contributed by atoms with Crippen LogP contribution in [0.3, 0.4) is 0 Å². The first kappa shape index (κ1) is 44.7. The van der Waals surface area contributed by atoms with Gasteiger partial charge in [-0.3, -0.25) is 0 Å². The number of hydrogen-bond acceptors (Lipinski definition) is 4. The van der Waals surface area contributed by atoms with E-state index in [9.17, 15) is 0 Å². The quantitative estimate of drug-likeness (QED) is 0.176. The van der Waals surface area contributed by atoms with Gasteiger partial charge >= 0.3 is 0 Å². The SMILES string of the molecule is CC(C)(C)c1ccccc1-c1cc2c(c3c1oc1ccccc13)-c1ccc(N(c3ccc4c(c3)C(C)(C)c3c5c(c6oc7ccccc7c6c3-4)-c3ccccc3C5(C)C)c3ccc4c(c3)oc3ccccc34)cc1C2(C)C. The van der Waals surface area contributed by atoms with Crippen molar-refractivity contribution in [1.29, 1.82) is 0 Å². The zero-order chi connectivity index (χ0) is 52.2. The Labute approximate surface area is 448 Å². The summed E-state index contributed by atoms with van der Waals surface area (Å²) in [5.74, 6) is 0. The molecule has 0 amide bonds. The summed E-state index contributed by atoms with van der Waals surface area (Å²) in [6.07, 6.45) is 0. The van der Waals surface area contributed by atoms with Crippen molar-refractivity contribution in [1.82, 2.24) is 0 Å². The molecule has 4 nitrogen and oxygen atoms in total. The number of fused-ring (bicyclic) bond motifs is 22. The Morgan fingerprint density at radius 1 is 0.338 bits per heavy atom. The van der Waals surface area contributed by atoms with E-state index in [0.29, 0.717) is 0 Å². The van der Waals surface area contributed by atoms with Crippen molar-refractivity contribution in [2.45, 2.75) is 84.0 Å². The van der Waals surface area contributed by atoms with E-state index in [1.807, 2.05) is 6.07 Å². The molecule has 0 fully saturated rings. The van der Waals surface area contributed by atoms with Crippen molar-refractivity contribution >= 4 is 82.9 Å². The zero-order valence-corrected chi connectivity index (χ0v) is 45.0. The summed E-state index contributed by atoms with van der Waals surface area (Å²) in [4.78, 5) is 2.46. The first-order valence-electron chi connectivity index (χ1n) is 27.3. The maximum absolute atomic E-state index is 7.03. The molecule has 0 unspecified atom stereocenters.